The number of benzene rings is 1. The summed E-state index contributed by atoms with van der Waals surface area (Å²) in [7, 11) is 0. The first kappa shape index (κ1) is 17.1. The quantitative estimate of drug-likeness (QED) is 0.754. The highest BCUT2D eigenvalue weighted by Gasteiger charge is 2.39. The first-order chi connectivity index (χ1) is 12.0. The minimum Gasteiger partial charge on any atom is -0.325 e. The summed E-state index contributed by atoms with van der Waals surface area (Å²) in [5, 5.41) is 0. The number of hydrogen-bond acceptors (Lipinski definition) is 0. The maximum atomic E-state index is 13.1. The Kier molecular flexibility index (Phi) is 4.63. The molecule has 0 amide bonds. The topological polar surface area (TPSA) is 8.88 Å². The molecule has 0 unspecified atom stereocenters. The zero-order valence-electron chi connectivity index (χ0n) is 14.5. The summed E-state index contributed by atoms with van der Waals surface area (Å²) in [4.78, 5) is 2.94. The van der Waals surface area contributed by atoms with Gasteiger partial charge in [0.05, 0.1) is 12.1 Å². The van der Waals surface area contributed by atoms with Gasteiger partial charge in [-0.2, -0.15) is 13.2 Å². The normalized spacial score (nSPS) is 34.6. The predicted molar refractivity (Wildman–Crippen MR) is 90.3 cm³/mol. The van der Waals surface area contributed by atoms with Gasteiger partial charge in [-0.1, -0.05) is 30.4 Å². The molecule has 1 saturated carbocycles. The van der Waals surface area contributed by atoms with Crippen LogP contribution < -0.4 is 9.80 Å². The fourth-order valence-electron chi connectivity index (χ4n) is 5.06. The predicted octanol–water partition coefficient (Wildman–Crippen LogP) is 1.20. The van der Waals surface area contributed by atoms with Crippen molar-refractivity contribution in [2.75, 3.05) is 32.7 Å². The van der Waals surface area contributed by atoms with Crippen LogP contribution in [0.15, 0.2) is 36.4 Å². The van der Waals surface area contributed by atoms with E-state index < -0.39 is 11.7 Å². The van der Waals surface area contributed by atoms with Crippen LogP contribution in [-0.2, 0) is 12.7 Å². The lowest BCUT2D eigenvalue weighted by Gasteiger charge is -2.32. The summed E-state index contributed by atoms with van der Waals surface area (Å²) in [5.41, 5.74) is -0.0299. The van der Waals surface area contributed by atoms with E-state index in [1.54, 1.807) is 17.0 Å². The monoisotopic (exact) mass is 352 g/mol. The molecule has 4 rings (SSSR count). The third kappa shape index (κ3) is 3.77. The van der Waals surface area contributed by atoms with E-state index in [1.165, 1.54) is 36.4 Å². The van der Waals surface area contributed by atoms with Gasteiger partial charge in [0.15, 0.2) is 0 Å². The zero-order chi connectivity index (χ0) is 17.4. The van der Waals surface area contributed by atoms with Crippen molar-refractivity contribution >= 4 is 0 Å². The Balaban J connectivity index is 1.30. The molecule has 2 nitrogen and oxygen atoms in total. The lowest BCUT2D eigenvalue weighted by Crippen LogP contribution is -3.27. The molecule has 0 spiro atoms. The summed E-state index contributed by atoms with van der Waals surface area (Å²) >= 11 is 0. The van der Waals surface area contributed by atoms with Gasteiger partial charge in [0.1, 0.15) is 32.7 Å². The number of rotatable bonds is 4. The Labute approximate surface area is 147 Å². The molecule has 0 aromatic heterocycles. The van der Waals surface area contributed by atoms with Crippen molar-refractivity contribution in [2.45, 2.75) is 25.6 Å². The molecular weight excluding hydrogens is 325 g/mol. The Morgan fingerprint density at radius 1 is 0.920 bits per heavy atom. The first-order valence-electron chi connectivity index (χ1n) is 9.49. The van der Waals surface area contributed by atoms with Crippen molar-refractivity contribution < 1.29 is 23.0 Å². The Hall–Kier alpha value is -1.33. The first-order valence-corrected chi connectivity index (χ1v) is 9.49. The number of alkyl halides is 3. The molecule has 5 heteroatoms. The number of fused-ring (bicyclic) bond motifs is 2. The number of quaternary nitrogens is 2. The summed E-state index contributed by atoms with van der Waals surface area (Å²) in [6.45, 7) is 5.84. The maximum Gasteiger partial charge on any atom is 0.416 e. The van der Waals surface area contributed by atoms with E-state index in [1.807, 2.05) is 0 Å². The molecule has 2 fully saturated rings. The molecule has 3 atom stereocenters. The Morgan fingerprint density at radius 3 is 2.28 bits per heavy atom. The highest BCUT2D eigenvalue weighted by atomic mass is 19.4. The molecule has 1 saturated heterocycles. The van der Waals surface area contributed by atoms with Crippen molar-refractivity contribution in [3.8, 4) is 0 Å². The van der Waals surface area contributed by atoms with Gasteiger partial charge in [0.25, 0.3) is 0 Å². The number of allylic oxidation sites excluding steroid dienone is 2. The molecule has 136 valence electrons. The van der Waals surface area contributed by atoms with Crippen LogP contribution >= 0.6 is 0 Å². The third-order valence-electron chi connectivity index (χ3n) is 6.39. The second-order valence-electron chi connectivity index (χ2n) is 8.08. The van der Waals surface area contributed by atoms with Gasteiger partial charge >= 0.3 is 6.18 Å². The molecule has 2 bridgehead atoms. The van der Waals surface area contributed by atoms with Gasteiger partial charge in [0.2, 0.25) is 0 Å². The van der Waals surface area contributed by atoms with Crippen LogP contribution in [0, 0.1) is 17.8 Å². The van der Waals surface area contributed by atoms with Crippen molar-refractivity contribution in [1.82, 2.24) is 0 Å². The molecule has 0 radical (unpaired) electrons. The van der Waals surface area contributed by atoms with E-state index in [2.05, 4.69) is 12.2 Å². The van der Waals surface area contributed by atoms with Gasteiger partial charge < -0.3 is 9.80 Å². The summed E-state index contributed by atoms with van der Waals surface area (Å²) in [6.07, 6.45) is 3.24. The summed E-state index contributed by atoms with van der Waals surface area (Å²) < 4.78 is 39.4. The molecule has 25 heavy (non-hydrogen) atoms. The highest BCUT2D eigenvalue weighted by Crippen LogP contribution is 2.42. The van der Waals surface area contributed by atoms with E-state index in [4.69, 9.17) is 0 Å². The summed E-state index contributed by atoms with van der Waals surface area (Å²) in [6, 6.07) is 6.04. The average molecular weight is 352 g/mol. The van der Waals surface area contributed by atoms with Crippen LogP contribution in [0.3, 0.4) is 0 Å². The standard InChI is InChI=1S/C20H25F3N2/c21-20(22,23)19-4-2-1-3-17(19)13-24-7-9-25(10-8-24)14-18-12-15-5-6-16(18)11-15/h1-6,15-16,18H,7-14H2/p+2/t15-,16-,18-/m0/s1. The van der Waals surface area contributed by atoms with Gasteiger partial charge in [-0.25, -0.2) is 0 Å². The molecule has 2 N–H and O–H groups in total. The van der Waals surface area contributed by atoms with Crippen LogP contribution in [0.1, 0.15) is 24.0 Å². The number of nitrogens with one attached hydrogen (secondary N) is 2. The third-order valence-corrected chi connectivity index (χ3v) is 6.39. The summed E-state index contributed by atoms with van der Waals surface area (Å²) in [5.74, 6) is 2.44. The average Bonchev–Trinajstić information content (AvgIpc) is 3.19. The van der Waals surface area contributed by atoms with Gasteiger partial charge in [-0.3, -0.25) is 0 Å². The molecule has 3 aliphatic rings. The molecule has 1 aromatic carbocycles. The smallest absolute Gasteiger partial charge is 0.325 e. The minimum absolute atomic E-state index is 0.437. The fraction of sp³-hybridized carbons (Fsp3) is 0.600. The Morgan fingerprint density at radius 2 is 1.64 bits per heavy atom. The van der Waals surface area contributed by atoms with Crippen LogP contribution in [0.2, 0.25) is 0 Å². The molecule has 2 aliphatic carbocycles. The number of halogens is 3. The van der Waals surface area contributed by atoms with E-state index in [9.17, 15) is 13.2 Å². The minimum atomic E-state index is -4.25. The maximum absolute atomic E-state index is 13.1. The highest BCUT2D eigenvalue weighted by molar-refractivity contribution is 5.28. The second-order valence-corrected chi connectivity index (χ2v) is 8.08. The van der Waals surface area contributed by atoms with Crippen LogP contribution in [0.5, 0.6) is 0 Å². The van der Waals surface area contributed by atoms with E-state index in [-0.39, 0.29) is 0 Å². The molecule has 1 aliphatic heterocycles. The molecule has 1 aromatic rings. The van der Waals surface area contributed by atoms with Crippen molar-refractivity contribution in [3.63, 3.8) is 0 Å². The molecule has 1 heterocycles. The zero-order valence-corrected chi connectivity index (χ0v) is 14.5. The lowest BCUT2D eigenvalue weighted by molar-refractivity contribution is -1.02. The van der Waals surface area contributed by atoms with E-state index in [0.29, 0.717) is 12.1 Å². The van der Waals surface area contributed by atoms with Crippen molar-refractivity contribution in [1.29, 1.82) is 0 Å². The largest absolute Gasteiger partial charge is 0.416 e. The Bertz CT molecular complexity index is 632. The molecular formula is C20H27F3N2+2. The van der Waals surface area contributed by atoms with E-state index in [0.717, 1.165) is 43.9 Å². The van der Waals surface area contributed by atoms with Crippen molar-refractivity contribution in [2.24, 2.45) is 17.8 Å². The van der Waals surface area contributed by atoms with Crippen LogP contribution in [-0.4, -0.2) is 32.7 Å². The lowest BCUT2D eigenvalue weighted by atomic mass is 9.93. The van der Waals surface area contributed by atoms with Gasteiger partial charge in [-0.15, -0.1) is 0 Å². The SMILES string of the molecule is FC(F)(F)c1ccccc1C[NH+]1CC[NH+](C[C@@H]2C[C@H]3C=C[C@H]2C3)CC1. The van der Waals surface area contributed by atoms with Crippen LogP contribution in [0.25, 0.3) is 0 Å². The number of piperazine rings is 1. The van der Waals surface area contributed by atoms with Crippen molar-refractivity contribution in [3.05, 3.63) is 47.5 Å². The fourth-order valence-corrected chi connectivity index (χ4v) is 5.06. The van der Waals surface area contributed by atoms with Gasteiger partial charge in [-0.05, 0) is 30.7 Å². The van der Waals surface area contributed by atoms with Crippen LogP contribution in [0.4, 0.5) is 13.2 Å². The number of hydrogen-bond donors (Lipinski definition) is 2. The van der Waals surface area contributed by atoms with E-state index >= 15 is 0 Å². The second kappa shape index (κ2) is 6.76. The van der Waals surface area contributed by atoms with Gasteiger partial charge in [0, 0.05) is 11.5 Å².